The smallest absolute Gasteiger partial charge is 0.229 e. The Balaban J connectivity index is 2.24. The Labute approximate surface area is 95.7 Å². The number of aliphatic hydroxyl groups is 1. The molecule has 3 nitrogen and oxygen atoms in total. The molecule has 0 radical (unpaired) electrons. The fourth-order valence-corrected chi connectivity index (χ4v) is 1.98. The third kappa shape index (κ3) is 2.09. The molecule has 1 aromatic rings. The van der Waals surface area contributed by atoms with Gasteiger partial charge < -0.3 is 10.0 Å². The standard InChI is InChI=1S/C13H17NO2/c1-9-3-4-11(7-10(9)2)14-6-5-12(15)8-13(14)16/h3-4,7,12,15H,5-6,8H2,1-2H3. The number of carbonyl (C=O) groups excluding carboxylic acids is 1. The second-order valence-electron chi connectivity index (χ2n) is 4.46. The van der Waals surface area contributed by atoms with Crippen molar-refractivity contribution in [3.8, 4) is 0 Å². The van der Waals surface area contributed by atoms with E-state index >= 15 is 0 Å². The van der Waals surface area contributed by atoms with Gasteiger partial charge in [0.15, 0.2) is 0 Å². The summed E-state index contributed by atoms with van der Waals surface area (Å²) in [5.41, 5.74) is 3.37. The lowest BCUT2D eigenvalue weighted by Gasteiger charge is -2.29. The van der Waals surface area contributed by atoms with Crippen LogP contribution in [0.4, 0.5) is 5.69 Å². The summed E-state index contributed by atoms with van der Waals surface area (Å²) in [7, 11) is 0. The summed E-state index contributed by atoms with van der Waals surface area (Å²) in [6.07, 6.45) is 0.446. The van der Waals surface area contributed by atoms with Crippen LogP contribution >= 0.6 is 0 Å². The molecule has 0 saturated carbocycles. The Morgan fingerprint density at radius 2 is 2.06 bits per heavy atom. The van der Waals surface area contributed by atoms with Crippen LogP contribution in [0, 0.1) is 13.8 Å². The molecule has 16 heavy (non-hydrogen) atoms. The summed E-state index contributed by atoms with van der Waals surface area (Å²) in [4.78, 5) is 13.5. The zero-order valence-corrected chi connectivity index (χ0v) is 9.73. The van der Waals surface area contributed by atoms with Gasteiger partial charge >= 0.3 is 0 Å². The number of benzene rings is 1. The third-order valence-electron chi connectivity index (χ3n) is 3.20. The second kappa shape index (κ2) is 4.26. The van der Waals surface area contributed by atoms with E-state index in [-0.39, 0.29) is 12.3 Å². The number of aliphatic hydroxyl groups excluding tert-OH is 1. The highest BCUT2D eigenvalue weighted by molar-refractivity contribution is 5.94. The maximum Gasteiger partial charge on any atom is 0.229 e. The largest absolute Gasteiger partial charge is 0.393 e. The number of hydrogen-bond acceptors (Lipinski definition) is 2. The zero-order valence-electron chi connectivity index (χ0n) is 9.73. The fourth-order valence-electron chi connectivity index (χ4n) is 1.98. The van der Waals surface area contributed by atoms with Crippen molar-refractivity contribution in [2.24, 2.45) is 0 Å². The third-order valence-corrected chi connectivity index (χ3v) is 3.20. The molecule has 0 spiro atoms. The Morgan fingerprint density at radius 1 is 1.31 bits per heavy atom. The molecule has 0 bridgehead atoms. The van der Waals surface area contributed by atoms with Gasteiger partial charge in [-0.1, -0.05) is 6.07 Å². The molecule has 1 unspecified atom stereocenters. The van der Waals surface area contributed by atoms with Crippen molar-refractivity contribution in [1.29, 1.82) is 0 Å². The molecule has 3 heteroatoms. The number of hydrogen-bond donors (Lipinski definition) is 1. The molecule has 1 saturated heterocycles. The Morgan fingerprint density at radius 3 is 2.69 bits per heavy atom. The Hall–Kier alpha value is -1.35. The number of amides is 1. The van der Waals surface area contributed by atoms with Crippen molar-refractivity contribution in [2.45, 2.75) is 32.8 Å². The zero-order chi connectivity index (χ0) is 11.7. The molecule has 1 aliphatic heterocycles. The first-order valence-corrected chi connectivity index (χ1v) is 5.63. The molecule has 0 aliphatic carbocycles. The van der Waals surface area contributed by atoms with Crippen LogP contribution in [0.25, 0.3) is 0 Å². The van der Waals surface area contributed by atoms with E-state index in [0.717, 1.165) is 5.69 Å². The lowest BCUT2D eigenvalue weighted by molar-refractivity contribution is -0.122. The van der Waals surface area contributed by atoms with Crippen molar-refractivity contribution in [1.82, 2.24) is 0 Å². The Bertz CT molecular complexity index is 414. The van der Waals surface area contributed by atoms with Gasteiger partial charge in [-0.05, 0) is 43.5 Å². The number of anilines is 1. The van der Waals surface area contributed by atoms with Crippen LogP contribution in [0.1, 0.15) is 24.0 Å². The van der Waals surface area contributed by atoms with Gasteiger partial charge in [0.05, 0.1) is 12.5 Å². The summed E-state index contributed by atoms with van der Waals surface area (Å²) in [6.45, 7) is 4.71. The summed E-state index contributed by atoms with van der Waals surface area (Å²) >= 11 is 0. The van der Waals surface area contributed by atoms with Crippen molar-refractivity contribution in [3.63, 3.8) is 0 Å². The number of aryl methyl sites for hydroxylation is 2. The van der Waals surface area contributed by atoms with Crippen molar-refractivity contribution in [3.05, 3.63) is 29.3 Å². The topological polar surface area (TPSA) is 40.5 Å². The van der Waals surface area contributed by atoms with Gasteiger partial charge in [-0.25, -0.2) is 0 Å². The predicted octanol–water partition coefficient (Wildman–Crippen LogP) is 1.79. The molecule has 1 aromatic carbocycles. The molecular weight excluding hydrogens is 202 g/mol. The number of rotatable bonds is 1. The van der Waals surface area contributed by atoms with E-state index in [4.69, 9.17) is 0 Å². The SMILES string of the molecule is Cc1ccc(N2CCC(O)CC2=O)cc1C. The molecule has 0 aromatic heterocycles. The number of carbonyl (C=O) groups is 1. The average Bonchev–Trinajstić information content (AvgIpc) is 2.22. The highest BCUT2D eigenvalue weighted by Gasteiger charge is 2.25. The minimum absolute atomic E-state index is 0.0157. The van der Waals surface area contributed by atoms with Crippen LogP contribution in [0.2, 0.25) is 0 Å². The van der Waals surface area contributed by atoms with Crippen LogP contribution in [0.5, 0.6) is 0 Å². The van der Waals surface area contributed by atoms with Gasteiger partial charge in [-0.3, -0.25) is 4.79 Å². The lowest BCUT2D eigenvalue weighted by atomic mass is 10.0. The van der Waals surface area contributed by atoms with E-state index in [1.54, 1.807) is 4.90 Å². The number of piperidine rings is 1. The minimum atomic E-state index is -0.463. The van der Waals surface area contributed by atoms with Crippen molar-refractivity contribution in [2.75, 3.05) is 11.4 Å². The highest BCUT2D eigenvalue weighted by atomic mass is 16.3. The maximum atomic E-state index is 11.8. The molecule has 86 valence electrons. The predicted molar refractivity (Wildman–Crippen MR) is 63.5 cm³/mol. The summed E-state index contributed by atoms with van der Waals surface area (Å²) in [5.74, 6) is 0.0157. The number of nitrogens with zero attached hydrogens (tertiary/aromatic N) is 1. The summed E-state index contributed by atoms with van der Waals surface area (Å²) in [6, 6.07) is 6.03. The monoisotopic (exact) mass is 219 g/mol. The van der Waals surface area contributed by atoms with Gasteiger partial charge in [-0.2, -0.15) is 0 Å². The van der Waals surface area contributed by atoms with E-state index in [9.17, 15) is 9.90 Å². The van der Waals surface area contributed by atoms with E-state index in [1.807, 2.05) is 25.1 Å². The van der Waals surface area contributed by atoms with Gasteiger partial charge in [0, 0.05) is 12.2 Å². The maximum absolute atomic E-state index is 11.8. The average molecular weight is 219 g/mol. The molecule has 1 N–H and O–H groups in total. The second-order valence-corrected chi connectivity index (χ2v) is 4.46. The first kappa shape index (κ1) is 11.1. The lowest BCUT2D eigenvalue weighted by Crippen LogP contribution is -2.40. The first-order chi connectivity index (χ1) is 7.58. The van der Waals surface area contributed by atoms with E-state index in [1.165, 1.54) is 11.1 Å². The van der Waals surface area contributed by atoms with E-state index < -0.39 is 6.10 Å². The fraction of sp³-hybridized carbons (Fsp3) is 0.462. The van der Waals surface area contributed by atoms with Crippen LogP contribution < -0.4 is 4.90 Å². The van der Waals surface area contributed by atoms with E-state index in [2.05, 4.69) is 6.92 Å². The molecule has 1 amide bonds. The molecule has 1 fully saturated rings. The molecular formula is C13H17NO2. The molecule has 1 atom stereocenters. The first-order valence-electron chi connectivity index (χ1n) is 5.63. The molecule has 2 rings (SSSR count). The van der Waals surface area contributed by atoms with Gasteiger partial charge in [0.1, 0.15) is 0 Å². The highest BCUT2D eigenvalue weighted by Crippen LogP contribution is 2.23. The van der Waals surface area contributed by atoms with Crippen LogP contribution in [0.15, 0.2) is 18.2 Å². The van der Waals surface area contributed by atoms with Gasteiger partial charge in [0.25, 0.3) is 0 Å². The summed E-state index contributed by atoms with van der Waals surface area (Å²) in [5, 5.41) is 9.40. The summed E-state index contributed by atoms with van der Waals surface area (Å²) < 4.78 is 0. The van der Waals surface area contributed by atoms with Gasteiger partial charge in [-0.15, -0.1) is 0 Å². The van der Waals surface area contributed by atoms with E-state index in [0.29, 0.717) is 13.0 Å². The van der Waals surface area contributed by atoms with Crippen molar-refractivity contribution < 1.29 is 9.90 Å². The molecule has 1 aliphatic rings. The minimum Gasteiger partial charge on any atom is -0.393 e. The van der Waals surface area contributed by atoms with Crippen LogP contribution in [-0.2, 0) is 4.79 Å². The normalized spacial score (nSPS) is 21.3. The Kier molecular flexibility index (Phi) is 2.97. The van der Waals surface area contributed by atoms with Crippen LogP contribution in [0.3, 0.4) is 0 Å². The van der Waals surface area contributed by atoms with Crippen LogP contribution in [-0.4, -0.2) is 23.7 Å². The quantitative estimate of drug-likeness (QED) is 0.782. The van der Waals surface area contributed by atoms with Gasteiger partial charge in [0.2, 0.25) is 5.91 Å². The molecule has 1 heterocycles. The van der Waals surface area contributed by atoms with Crippen molar-refractivity contribution >= 4 is 11.6 Å².